The van der Waals surface area contributed by atoms with Gasteiger partial charge in [0, 0.05) is 0 Å². The first-order valence-corrected chi connectivity index (χ1v) is 3.31. The summed E-state index contributed by atoms with van der Waals surface area (Å²) in [5.74, 6) is -0.362. The van der Waals surface area contributed by atoms with E-state index in [-0.39, 0.29) is 11.1 Å². The summed E-state index contributed by atoms with van der Waals surface area (Å²) >= 11 is 5.47. The highest BCUT2D eigenvalue weighted by molar-refractivity contribution is 6.28. The number of halogens is 2. The molecule has 0 saturated carbocycles. The van der Waals surface area contributed by atoms with Gasteiger partial charge in [-0.1, -0.05) is 0 Å². The third kappa shape index (κ3) is 1.05. The van der Waals surface area contributed by atoms with Crippen molar-refractivity contribution in [2.75, 3.05) is 0 Å². The van der Waals surface area contributed by atoms with Crippen LogP contribution < -0.4 is 0 Å². The summed E-state index contributed by atoms with van der Waals surface area (Å²) in [5, 5.41) is 3.83. The second-order valence-electron chi connectivity index (χ2n) is 2.03. The first-order chi connectivity index (χ1) is 5.25. The number of hydrogen-bond acceptors (Lipinski definition) is 2. The molecule has 0 N–H and O–H groups in total. The van der Waals surface area contributed by atoms with Gasteiger partial charge in [0.2, 0.25) is 5.28 Å². The first-order valence-electron chi connectivity index (χ1n) is 2.93. The van der Waals surface area contributed by atoms with E-state index < -0.39 is 0 Å². The molecule has 56 valence electrons. The minimum atomic E-state index is -0.362. The second-order valence-corrected chi connectivity index (χ2v) is 2.37. The van der Waals surface area contributed by atoms with Gasteiger partial charge in [0.15, 0.2) is 5.65 Å². The van der Waals surface area contributed by atoms with Gasteiger partial charge in [0.05, 0.1) is 6.20 Å². The molecule has 5 heteroatoms. The van der Waals surface area contributed by atoms with Gasteiger partial charge in [-0.3, -0.25) is 0 Å². The van der Waals surface area contributed by atoms with Crippen molar-refractivity contribution in [3.63, 3.8) is 0 Å². The van der Waals surface area contributed by atoms with Gasteiger partial charge >= 0.3 is 0 Å². The summed E-state index contributed by atoms with van der Waals surface area (Å²) in [5.41, 5.74) is 0.538. The third-order valence-corrected chi connectivity index (χ3v) is 1.43. The van der Waals surface area contributed by atoms with Crippen molar-refractivity contribution in [1.82, 2.24) is 14.6 Å². The molecule has 11 heavy (non-hydrogen) atoms. The van der Waals surface area contributed by atoms with Crippen molar-refractivity contribution in [2.24, 2.45) is 0 Å². The standard InChI is InChI=1S/C6H3ClFN3/c7-6-9-5-2-1-4(8)3-11(5)10-6/h1-3H. The normalized spacial score (nSPS) is 10.7. The van der Waals surface area contributed by atoms with Crippen LogP contribution in [0.3, 0.4) is 0 Å². The van der Waals surface area contributed by atoms with Gasteiger partial charge in [-0.25, -0.2) is 8.91 Å². The minimum Gasteiger partial charge on any atom is -0.217 e. The Morgan fingerprint density at radius 2 is 2.27 bits per heavy atom. The van der Waals surface area contributed by atoms with Crippen LogP contribution in [0, 0.1) is 5.82 Å². The largest absolute Gasteiger partial charge is 0.243 e. The van der Waals surface area contributed by atoms with Gasteiger partial charge in [-0.15, -0.1) is 5.10 Å². The summed E-state index contributed by atoms with van der Waals surface area (Å²) in [6, 6.07) is 2.81. The van der Waals surface area contributed by atoms with Crippen molar-refractivity contribution in [2.45, 2.75) is 0 Å². The van der Waals surface area contributed by atoms with Gasteiger partial charge in [-0.2, -0.15) is 4.98 Å². The molecule has 0 aliphatic heterocycles. The molecular weight excluding hydrogens is 169 g/mol. The number of aromatic nitrogens is 3. The van der Waals surface area contributed by atoms with Gasteiger partial charge in [0.25, 0.3) is 0 Å². The van der Waals surface area contributed by atoms with E-state index in [1.165, 1.54) is 22.8 Å². The molecule has 0 saturated heterocycles. The van der Waals surface area contributed by atoms with Gasteiger partial charge < -0.3 is 0 Å². The Kier molecular flexibility index (Phi) is 1.29. The van der Waals surface area contributed by atoms with Crippen LogP contribution in [0.1, 0.15) is 0 Å². The minimum absolute atomic E-state index is 0.121. The zero-order valence-corrected chi connectivity index (χ0v) is 6.09. The fraction of sp³-hybridized carbons (Fsp3) is 0. The van der Waals surface area contributed by atoms with E-state index in [0.29, 0.717) is 5.65 Å². The van der Waals surface area contributed by atoms with E-state index in [2.05, 4.69) is 10.1 Å². The summed E-state index contributed by atoms with van der Waals surface area (Å²) in [7, 11) is 0. The lowest BCUT2D eigenvalue weighted by atomic mass is 10.5. The molecule has 3 nitrogen and oxygen atoms in total. The van der Waals surface area contributed by atoms with Crippen molar-refractivity contribution in [3.8, 4) is 0 Å². The molecule has 0 bridgehead atoms. The van der Waals surface area contributed by atoms with Gasteiger partial charge in [-0.05, 0) is 23.7 Å². The average molecular weight is 172 g/mol. The highest BCUT2D eigenvalue weighted by Crippen LogP contribution is 2.06. The first kappa shape index (κ1) is 6.54. The maximum atomic E-state index is 12.5. The van der Waals surface area contributed by atoms with E-state index in [9.17, 15) is 4.39 Å². The molecule has 0 fully saturated rings. The lowest BCUT2D eigenvalue weighted by molar-refractivity contribution is 0.614. The molecule has 2 heterocycles. The third-order valence-electron chi connectivity index (χ3n) is 1.27. The quantitative estimate of drug-likeness (QED) is 0.602. The molecule has 2 aromatic rings. The Balaban J connectivity index is 2.82. The Morgan fingerprint density at radius 1 is 1.45 bits per heavy atom. The highest BCUT2D eigenvalue weighted by atomic mass is 35.5. The number of nitrogens with zero attached hydrogens (tertiary/aromatic N) is 3. The van der Waals surface area contributed by atoms with Crippen LogP contribution in [0.4, 0.5) is 4.39 Å². The summed E-state index contributed by atoms with van der Waals surface area (Å²) < 4.78 is 13.8. The topological polar surface area (TPSA) is 30.2 Å². The molecule has 0 aliphatic carbocycles. The van der Waals surface area contributed by atoms with Crippen LogP contribution in [-0.4, -0.2) is 14.6 Å². The smallest absolute Gasteiger partial charge is 0.217 e. The predicted molar refractivity (Wildman–Crippen MR) is 38.0 cm³/mol. The van der Waals surface area contributed by atoms with Crippen LogP contribution in [-0.2, 0) is 0 Å². The molecule has 0 aliphatic rings. The fourth-order valence-corrected chi connectivity index (χ4v) is 0.999. The Morgan fingerprint density at radius 3 is 3.09 bits per heavy atom. The zero-order valence-electron chi connectivity index (χ0n) is 5.33. The van der Waals surface area contributed by atoms with E-state index in [1.54, 1.807) is 0 Å². The summed E-state index contributed by atoms with van der Waals surface area (Å²) in [4.78, 5) is 3.80. The predicted octanol–water partition coefficient (Wildman–Crippen LogP) is 1.52. The average Bonchev–Trinajstić information content (AvgIpc) is 2.27. The van der Waals surface area contributed by atoms with E-state index in [1.807, 2.05) is 0 Å². The highest BCUT2D eigenvalue weighted by Gasteiger charge is 1.99. The molecule has 0 radical (unpaired) electrons. The Bertz CT molecular complexity index is 398. The number of hydrogen-bond donors (Lipinski definition) is 0. The van der Waals surface area contributed by atoms with Crippen molar-refractivity contribution >= 4 is 17.2 Å². The monoisotopic (exact) mass is 171 g/mol. The van der Waals surface area contributed by atoms with Crippen LogP contribution in [0.2, 0.25) is 5.28 Å². The molecule has 0 aromatic carbocycles. The lowest BCUT2D eigenvalue weighted by Gasteiger charge is -1.88. The molecule has 0 atom stereocenters. The maximum Gasteiger partial charge on any atom is 0.243 e. The maximum absolute atomic E-state index is 12.5. The molecule has 0 spiro atoms. The molecule has 2 rings (SSSR count). The Hall–Kier alpha value is -1.16. The van der Waals surface area contributed by atoms with E-state index >= 15 is 0 Å². The summed E-state index contributed by atoms with van der Waals surface area (Å²) in [6.07, 6.45) is 1.22. The van der Waals surface area contributed by atoms with Crippen LogP contribution in [0.15, 0.2) is 18.3 Å². The number of fused-ring (bicyclic) bond motifs is 1. The SMILES string of the molecule is Fc1ccc2nc(Cl)nn2c1. The van der Waals surface area contributed by atoms with Crippen molar-refractivity contribution in [1.29, 1.82) is 0 Å². The second kappa shape index (κ2) is 2.17. The number of pyridine rings is 1. The van der Waals surface area contributed by atoms with Crippen LogP contribution >= 0.6 is 11.6 Å². The Labute approximate surface area is 66.4 Å². The molecule has 0 unspecified atom stereocenters. The molecule has 0 amide bonds. The van der Waals surface area contributed by atoms with E-state index in [0.717, 1.165) is 0 Å². The molecule has 2 aromatic heterocycles. The lowest BCUT2D eigenvalue weighted by Crippen LogP contribution is -1.87. The molecular formula is C6H3ClFN3. The summed E-state index contributed by atoms with van der Waals surface area (Å²) in [6.45, 7) is 0. The van der Waals surface area contributed by atoms with Crippen LogP contribution in [0.5, 0.6) is 0 Å². The van der Waals surface area contributed by atoms with Crippen molar-refractivity contribution < 1.29 is 4.39 Å². The van der Waals surface area contributed by atoms with Gasteiger partial charge in [0.1, 0.15) is 5.82 Å². The van der Waals surface area contributed by atoms with E-state index in [4.69, 9.17) is 11.6 Å². The van der Waals surface area contributed by atoms with Crippen molar-refractivity contribution in [3.05, 3.63) is 29.4 Å². The van der Waals surface area contributed by atoms with Crippen LogP contribution in [0.25, 0.3) is 5.65 Å². The fourth-order valence-electron chi connectivity index (χ4n) is 0.831. The zero-order chi connectivity index (χ0) is 7.84. The number of rotatable bonds is 0.